The molecule has 0 saturated heterocycles. The van der Waals surface area contributed by atoms with Crippen LogP contribution in [0, 0.1) is 0 Å². The maximum Gasteiger partial charge on any atom is 0.254 e. The second kappa shape index (κ2) is 8.83. The topological polar surface area (TPSA) is 46.3 Å². The summed E-state index contributed by atoms with van der Waals surface area (Å²) < 4.78 is 0. The summed E-state index contributed by atoms with van der Waals surface area (Å²) in [6.45, 7) is 1.36. The van der Waals surface area contributed by atoms with Gasteiger partial charge in [0.15, 0.2) is 0 Å². The van der Waals surface area contributed by atoms with Crippen molar-refractivity contribution in [1.29, 1.82) is 0 Å². The molecular formula is C21H25Cl3N2O. The molecule has 1 heterocycles. The third kappa shape index (κ3) is 3.97. The summed E-state index contributed by atoms with van der Waals surface area (Å²) in [6, 6.07) is 16.3. The van der Waals surface area contributed by atoms with E-state index in [0.29, 0.717) is 12.6 Å². The number of hydrogen-bond donors (Lipinski definition) is 1. The molecule has 0 atom stereocenters. The molecule has 146 valence electrons. The minimum atomic E-state index is -0.0168. The molecule has 3 nitrogen and oxygen atoms in total. The first-order valence-electron chi connectivity index (χ1n) is 8.98. The van der Waals surface area contributed by atoms with Crippen LogP contribution in [0.3, 0.4) is 0 Å². The van der Waals surface area contributed by atoms with E-state index in [1.165, 1.54) is 5.56 Å². The molecule has 1 amide bonds. The Balaban J connectivity index is 0.00000131. The van der Waals surface area contributed by atoms with E-state index in [2.05, 4.69) is 17.0 Å². The van der Waals surface area contributed by atoms with Crippen LogP contribution < -0.4 is 5.73 Å². The molecule has 1 aliphatic heterocycles. The molecule has 0 radical (unpaired) electrons. The van der Waals surface area contributed by atoms with E-state index in [1.54, 1.807) is 0 Å². The van der Waals surface area contributed by atoms with Crippen molar-refractivity contribution in [3.8, 4) is 0 Å². The van der Waals surface area contributed by atoms with Crippen molar-refractivity contribution in [2.45, 2.75) is 43.7 Å². The lowest BCUT2D eigenvalue weighted by Crippen LogP contribution is -2.45. The van der Waals surface area contributed by atoms with Crippen LogP contribution in [-0.2, 0) is 12.0 Å². The van der Waals surface area contributed by atoms with E-state index in [4.69, 9.17) is 17.3 Å². The van der Waals surface area contributed by atoms with Crippen LogP contribution in [0.2, 0.25) is 5.02 Å². The molecule has 0 aromatic heterocycles. The van der Waals surface area contributed by atoms with E-state index in [-0.39, 0.29) is 36.1 Å². The fraction of sp³-hybridized carbons (Fsp3) is 0.381. The molecular weight excluding hydrogens is 403 g/mol. The first kappa shape index (κ1) is 22.0. The number of amides is 1. The molecule has 4 rings (SSSR count). The number of fused-ring (bicyclic) bond motifs is 1. The molecule has 6 heteroatoms. The van der Waals surface area contributed by atoms with Gasteiger partial charge in [-0.2, -0.15) is 0 Å². The summed E-state index contributed by atoms with van der Waals surface area (Å²) in [7, 11) is 0. The maximum atomic E-state index is 12.7. The highest BCUT2D eigenvalue weighted by atomic mass is 35.5. The Morgan fingerprint density at radius 2 is 1.78 bits per heavy atom. The lowest BCUT2D eigenvalue weighted by Gasteiger charge is -2.42. The quantitative estimate of drug-likeness (QED) is 0.751. The Morgan fingerprint density at radius 3 is 2.41 bits per heavy atom. The molecule has 0 spiro atoms. The average molecular weight is 428 g/mol. The molecule has 0 bridgehead atoms. The standard InChI is InChI=1S/C21H23ClN2O.2ClH/c22-17-6-3-5-16(12-17)21(14-23)10-8-18(9-11-21)24-13-15-4-1-2-7-19(15)20(24)25;;/h1-7,12,18H,8-11,13-14,23H2;2*1H/t18-,21+;;. The van der Waals surface area contributed by atoms with Crippen LogP contribution >= 0.6 is 36.4 Å². The van der Waals surface area contributed by atoms with Crippen LogP contribution in [0.1, 0.15) is 47.2 Å². The second-order valence-electron chi connectivity index (χ2n) is 7.32. The van der Waals surface area contributed by atoms with E-state index in [9.17, 15) is 4.79 Å². The van der Waals surface area contributed by atoms with E-state index in [1.807, 2.05) is 36.4 Å². The average Bonchev–Trinajstić information content (AvgIpc) is 2.99. The first-order valence-corrected chi connectivity index (χ1v) is 9.36. The van der Waals surface area contributed by atoms with Crippen LogP contribution in [0.15, 0.2) is 48.5 Å². The van der Waals surface area contributed by atoms with Gasteiger partial charge in [0, 0.05) is 35.1 Å². The van der Waals surface area contributed by atoms with Crippen LogP contribution in [0.5, 0.6) is 0 Å². The molecule has 1 fully saturated rings. The Hall–Kier alpha value is -1.26. The predicted octanol–water partition coefficient (Wildman–Crippen LogP) is 4.98. The number of carbonyl (C=O) groups is 1. The number of nitrogens with zero attached hydrogens (tertiary/aromatic N) is 1. The van der Waals surface area contributed by atoms with Crippen LogP contribution in [0.4, 0.5) is 0 Å². The highest BCUT2D eigenvalue weighted by molar-refractivity contribution is 6.30. The molecule has 0 unspecified atom stereocenters. The number of nitrogens with two attached hydrogens (primary N) is 1. The summed E-state index contributed by atoms with van der Waals surface area (Å²) in [5.41, 5.74) is 9.43. The highest BCUT2D eigenvalue weighted by Gasteiger charge is 2.40. The minimum Gasteiger partial charge on any atom is -0.331 e. The van der Waals surface area contributed by atoms with Gasteiger partial charge in [0.2, 0.25) is 0 Å². The van der Waals surface area contributed by atoms with E-state index < -0.39 is 0 Å². The SMILES string of the molecule is Cl.Cl.NC[C@]1(c2cccc(Cl)c2)CC[C@@H](N2Cc3ccccc3C2=O)CC1. The zero-order valence-corrected chi connectivity index (χ0v) is 17.5. The largest absolute Gasteiger partial charge is 0.331 e. The normalized spacial score (nSPS) is 24.0. The number of hydrogen-bond acceptors (Lipinski definition) is 2. The smallest absolute Gasteiger partial charge is 0.254 e. The van der Waals surface area contributed by atoms with Crippen molar-refractivity contribution < 1.29 is 4.79 Å². The van der Waals surface area contributed by atoms with Crippen molar-refractivity contribution in [3.05, 3.63) is 70.2 Å². The van der Waals surface area contributed by atoms with Crippen LogP contribution in [-0.4, -0.2) is 23.4 Å². The summed E-state index contributed by atoms with van der Waals surface area (Å²) in [5.74, 6) is 0.184. The van der Waals surface area contributed by atoms with Crippen molar-refractivity contribution in [2.75, 3.05) is 6.54 Å². The van der Waals surface area contributed by atoms with E-state index in [0.717, 1.165) is 48.4 Å². The molecule has 2 aromatic carbocycles. The summed E-state index contributed by atoms with van der Waals surface area (Å²) in [6.07, 6.45) is 3.97. The molecule has 2 aromatic rings. The third-order valence-electron chi connectivity index (χ3n) is 6.03. The zero-order valence-electron chi connectivity index (χ0n) is 15.1. The minimum absolute atomic E-state index is 0. The molecule has 1 saturated carbocycles. The lowest BCUT2D eigenvalue weighted by atomic mass is 9.68. The fourth-order valence-electron chi connectivity index (χ4n) is 4.47. The molecule has 1 aliphatic carbocycles. The molecule has 27 heavy (non-hydrogen) atoms. The van der Waals surface area contributed by atoms with Crippen molar-refractivity contribution in [2.24, 2.45) is 5.73 Å². The van der Waals surface area contributed by atoms with Gasteiger partial charge in [0.05, 0.1) is 0 Å². The Morgan fingerprint density at radius 1 is 1.07 bits per heavy atom. The number of rotatable bonds is 3. The summed E-state index contributed by atoms with van der Waals surface area (Å²) >= 11 is 6.19. The zero-order chi connectivity index (χ0) is 17.4. The number of halogens is 3. The van der Waals surface area contributed by atoms with Gasteiger partial charge < -0.3 is 10.6 Å². The van der Waals surface area contributed by atoms with Gasteiger partial charge in [-0.05, 0) is 55.0 Å². The van der Waals surface area contributed by atoms with Crippen molar-refractivity contribution >= 4 is 42.3 Å². The Labute approximate surface area is 178 Å². The van der Waals surface area contributed by atoms with Gasteiger partial charge in [-0.15, -0.1) is 24.8 Å². The molecule has 2 aliphatic rings. The Kier molecular flexibility index (Phi) is 7.20. The van der Waals surface area contributed by atoms with Gasteiger partial charge in [0.1, 0.15) is 0 Å². The summed E-state index contributed by atoms with van der Waals surface area (Å²) in [5, 5.41) is 0.762. The van der Waals surface area contributed by atoms with E-state index >= 15 is 0 Å². The van der Waals surface area contributed by atoms with Gasteiger partial charge >= 0.3 is 0 Å². The lowest BCUT2D eigenvalue weighted by molar-refractivity contribution is 0.0620. The highest BCUT2D eigenvalue weighted by Crippen LogP contribution is 2.42. The van der Waals surface area contributed by atoms with Crippen LogP contribution in [0.25, 0.3) is 0 Å². The number of carbonyl (C=O) groups excluding carboxylic acids is 1. The Bertz CT molecular complexity index is 804. The second-order valence-corrected chi connectivity index (χ2v) is 7.75. The summed E-state index contributed by atoms with van der Waals surface area (Å²) in [4.78, 5) is 14.8. The monoisotopic (exact) mass is 426 g/mol. The van der Waals surface area contributed by atoms with Gasteiger partial charge in [-0.3, -0.25) is 4.79 Å². The number of benzene rings is 2. The first-order chi connectivity index (χ1) is 12.1. The third-order valence-corrected chi connectivity index (χ3v) is 6.27. The van der Waals surface area contributed by atoms with Gasteiger partial charge in [0.25, 0.3) is 5.91 Å². The van der Waals surface area contributed by atoms with Gasteiger partial charge in [-0.25, -0.2) is 0 Å². The fourth-order valence-corrected chi connectivity index (χ4v) is 4.66. The maximum absolute atomic E-state index is 12.7. The molecule has 2 N–H and O–H groups in total. The van der Waals surface area contributed by atoms with Crippen molar-refractivity contribution in [3.63, 3.8) is 0 Å². The van der Waals surface area contributed by atoms with Gasteiger partial charge in [-0.1, -0.05) is 41.9 Å². The predicted molar refractivity (Wildman–Crippen MR) is 115 cm³/mol. The van der Waals surface area contributed by atoms with Crippen molar-refractivity contribution in [1.82, 2.24) is 4.90 Å².